The van der Waals surface area contributed by atoms with E-state index in [2.05, 4.69) is 5.32 Å². The normalized spacial score (nSPS) is 10.7. The fourth-order valence-electron chi connectivity index (χ4n) is 2.65. The molecule has 0 atom stereocenters. The summed E-state index contributed by atoms with van der Waals surface area (Å²) in [4.78, 5) is 12.6. The number of halogens is 2. The number of para-hydroxylation sites is 1. The van der Waals surface area contributed by atoms with Crippen molar-refractivity contribution in [1.29, 1.82) is 0 Å². The minimum absolute atomic E-state index is 0.138. The van der Waals surface area contributed by atoms with Crippen LogP contribution in [0.2, 0.25) is 10.0 Å². The highest BCUT2D eigenvalue weighted by Gasteiger charge is 2.14. The molecule has 3 rings (SSSR count). The Hall–Kier alpha value is -2.23. The highest BCUT2D eigenvalue weighted by atomic mass is 35.5. The van der Waals surface area contributed by atoms with Gasteiger partial charge in [0.15, 0.2) is 0 Å². The number of amides is 1. The van der Waals surface area contributed by atoms with Gasteiger partial charge in [0.2, 0.25) is 0 Å². The zero-order valence-corrected chi connectivity index (χ0v) is 14.8. The van der Waals surface area contributed by atoms with Crippen LogP contribution in [0.4, 0.5) is 5.69 Å². The molecule has 5 heteroatoms. The number of aromatic nitrogens is 1. The Kier molecular flexibility index (Phi) is 4.65. The molecule has 0 fully saturated rings. The molecule has 0 radical (unpaired) electrons. The van der Waals surface area contributed by atoms with Gasteiger partial charge in [-0.25, -0.2) is 0 Å². The maximum absolute atomic E-state index is 12.6. The quantitative estimate of drug-likeness (QED) is 0.653. The van der Waals surface area contributed by atoms with Gasteiger partial charge in [-0.3, -0.25) is 4.79 Å². The number of benzene rings is 2. The third kappa shape index (κ3) is 3.32. The third-order valence-corrected chi connectivity index (χ3v) is 4.54. The van der Waals surface area contributed by atoms with Gasteiger partial charge in [-0.15, -0.1) is 0 Å². The lowest BCUT2D eigenvalue weighted by Crippen LogP contribution is -2.13. The van der Waals surface area contributed by atoms with Crippen molar-refractivity contribution in [2.45, 2.75) is 6.92 Å². The van der Waals surface area contributed by atoms with Gasteiger partial charge < -0.3 is 9.88 Å². The summed E-state index contributed by atoms with van der Waals surface area (Å²) in [6.07, 6.45) is 3.73. The van der Waals surface area contributed by atoms with E-state index < -0.39 is 0 Å². The molecule has 122 valence electrons. The monoisotopic (exact) mass is 358 g/mol. The Labute approximate surface area is 150 Å². The number of carbonyl (C=O) groups excluding carboxylic acids is 1. The van der Waals surface area contributed by atoms with E-state index in [1.54, 1.807) is 12.1 Å². The fourth-order valence-corrected chi connectivity index (χ4v) is 2.95. The zero-order chi connectivity index (χ0) is 17.3. The number of nitrogens with zero attached hydrogens (tertiary/aromatic N) is 1. The van der Waals surface area contributed by atoms with Crippen molar-refractivity contribution in [3.8, 4) is 11.1 Å². The first-order valence-electron chi connectivity index (χ1n) is 7.44. The lowest BCUT2D eigenvalue weighted by Gasteiger charge is -2.12. The van der Waals surface area contributed by atoms with E-state index in [0.29, 0.717) is 15.6 Å². The SMILES string of the molecule is Cc1cn(C)cc1C(=O)Nc1ccccc1-c1ccc(Cl)c(Cl)c1. The molecule has 0 unspecified atom stereocenters. The van der Waals surface area contributed by atoms with E-state index >= 15 is 0 Å². The number of hydrogen-bond acceptors (Lipinski definition) is 1. The molecule has 0 saturated heterocycles. The smallest absolute Gasteiger partial charge is 0.257 e. The number of carbonyl (C=O) groups is 1. The molecule has 1 amide bonds. The summed E-state index contributed by atoms with van der Waals surface area (Å²) in [7, 11) is 1.90. The van der Waals surface area contributed by atoms with Crippen molar-refractivity contribution >= 4 is 34.8 Å². The molecule has 0 aliphatic rings. The maximum atomic E-state index is 12.6. The highest BCUT2D eigenvalue weighted by Crippen LogP contribution is 2.33. The topological polar surface area (TPSA) is 34.0 Å². The lowest BCUT2D eigenvalue weighted by atomic mass is 10.0. The predicted molar refractivity (Wildman–Crippen MR) is 100 cm³/mol. The van der Waals surface area contributed by atoms with Crippen molar-refractivity contribution < 1.29 is 4.79 Å². The molecule has 1 N–H and O–H groups in total. The van der Waals surface area contributed by atoms with Crippen LogP contribution in [-0.2, 0) is 7.05 Å². The van der Waals surface area contributed by atoms with Crippen LogP contribution in [0, 0.1) is 6.92 Å². The van der Waals surface area contributed by atoms with Gasteiger partial charge in [0.1, 0.15) is 0 Å². The van der Waals surface area contributed by atoms with Crippen LogP contribution in [0.5, 0.6) is 0 Å². The first-order chi connectivity index (χ1) is 11.5. The third-order valence-electron chi connectivity index (χ3n) is 3.81. The van der Waals surface area contributed by atoms with E-state index in [1.165, 1.54) is 0 Å². The van der Waals surface area contributed by atoms with Crippen molar-refractivity contribution in [2.75, 3.05) is 5.32 Å². The molecule has 0 aliphatic heterocycles. The molecule has 2 aromatic carbocycles. The van der Waals surface area contributed by atoms with E-state index in [0.717, 1.165) is 22.4 Å². The Balaban J connectivity index is 1.96. The van der Waals surface area contributed by atoms with Crippen molar-refractivity contribution in [3.63, 3.8) is 0 Å². The van der Waals surface area contributed by atoms with Gasteiger partial charge in [-0.2, -0.15) is 0 Å². The van der Waals surface area contributed by atoms with Crippen LogP contribution in [-0.4, -0.2) is 10.5 Å². The number of aryl methyl sites for hydroxylation is 2. The van der Waals surface area contributed by atoms with E-state index in [1.807, 2.05) is 61.3 Å². The Morgan fingerprint density at radius 1 is 1.04 bits per heavy atom. The molecule has 1 aromatic heterocycles. The number of nitrogens with one attached hydrogen (secondary N) is 1. The van der Waals surface area contributed by atoms with E-state index in [4.69, 9.17) is 23.2 Å². The highest BCUT2D eigenvalue weighted by molar-refractivity contribution is 6.42. The first-order valence-corrected chi connectivity index (χ1v) is 8.19. The summed E-state index contributed by atoms with van der Waals surface area (Å²) in [6, 6.07) is 13.0. The molecule has 0 bridgehead atoms. The van der Waals surface area contributed by atoms with Gasteiger partial charge in [0, 0.05) is 30.7 Å². The average Bonchev–Trinajstić information content (AvgIpc) is 2.89. The second-order valence-corrected chi connectivity index (χ2v) is 6.46. The summed E-state index contributed by atoms with van der Waals surface area (Å²) < 4.78 is 1.87. The van der Waals surface area contributed by atoms with Gasteiger partial charge in [0.25, 0.3) is 5.91 Å². The fraction of sp³-hybridized carbons (Fsp3) is 0.105. The molecular formula is C19H16Cl2N2O. The minimum atomic E-state index is -0.138. The molecule has 24 heavy (non-hydrogen) atoms. The van der Waals surface area contributed by atoms with E-state index in [-0.39, 0.29) is 5.91 Å². The van der Waals surface area contributed by atoms with Crippen LogP contribution in [0.3, 0.4) is 0 Å². The van der Waals surface area contributed by atoms with Gasteiger partial charge in [0.05, 0.1) is 15.6 Å². The maximum Gasteiger partial charge on any atom is 0.257 e. The van der Waals surface area contributed by atoms with E-state index in [9.17, 15) is 4.79 Å². The molecule has 0 aliphatic carbocycles. The molecular weight excluding hydrogens is 343 g/mol. The standard InChI is InChI=1S/C19H16Cl2N2O/c1-12-10-23(2)11-15(12)19(24)22-18-6-4-3-5-14(18)13-7-8-16(20)17(21)9-13/h3-11H,1-2H3,(H,22,24). The second-order valence-electron chi connectivity index (χ2n) is 5.65. The van der Waals surface area contributed by atoms with Crippen LogP contribution in [0.1, 0.15) is 15.9 Å². The first kappa shape index (κ1) is 16.6. The molecule has 3 nitrogen and oxygen atoms in total. The second kappa shape index (κ2) is 6.71. The summed E-state index contributed by atoms with van der Waals surface area (Å²) in [5.41, 5.74) is 4.09. The van der Waals surface area contributed by atoms with Gasteiger partial charge in [-0.05, 0) is 36.2 Å². The minimum Gasteiger partial charge on any atom is -0.356 e. The summed E-state index contributed by atoms with van der Waals surface area (Å²) in [5, 5.41) is 3.97. The molecule has 0 saturated carbocycles. The summed E-state index contributed by atoms with van der Waals surface area (Å²) in [6.45, 7) is 1.92. The van der Waals surface area contributed by atoms with Gasteiger partial charge in [-0.1, -0.05) is 47.5 Å². The van der Waals surface area contributed by atoms with Crippen LogP contribution in [0.25, 0.3) is 11.1 Å². The molecule has 3 aromatic rings. The largest absolute Gasteiger partial charge is 0.356 e. The Morgan fingerprint density at radius 2 is 1.79 bits per heavy atom. The van der Waals surface area contributed by atoms with Gasteiger partial charge >= 0.3 is 0 Å². The molecule has 0 spiro atoms. The summed E-state index contributed by atoms with van der Waals surface area (Å²) in [5.74, 6) is -0.138. The summed E-state index contributed by atoms with van der Waals surface area (Å²) >= 11 is 12.1. The number of anilines is 1. The lowest BCUT2D eigenvalue weighted by molar-refractivity contribution is 0.102. The number of hydrogen-bond donors (Lipinski definition) is 1. The van der Waals surface area contributed by atoms with Crippen molar-refractivity contribution in [2.24, 2.45) is 7.05 Å². The van der Waals surface area contributed by atoms with Crippen molar-refractivity contribution in [1.82, 2.24) is 4.57 Å². The predicted octanol–water partition coefficient (Wildman–Crippen LogP) is 5.56. The van der Waals surface area contributed by atoms with Crippen LogP contribution >= 0.6 is 23.2 Å². The zero-order valence-electron chi connectivity index (χ0n) is 13.3. The molecule has 1 heterocycles. The van der Waals surface area contributed by atoms with Crippen LogP contribution in [0.15, 0.2) is 54.9 Å². The Morgan fingerprint density at radius 3 is 2.46 bits per heavy atom. The average molecular weight is 359 g/mol. The number of rotatable bonds is 3. The Bertz CT molecular complexity index is 915. The van der Waals surface area contributed by atoms with Crippen LogP contribution < -0.4 is 5.32 Å². The van der Waals surface area contributed by atoms with Crippen molar-refractivity contribution in [3.05, 3.63) is 76.0 Å².